The number of hydrogen-bond acceptors (Lipinski definition) is 5. The second-order valence-corrected chi connectivity index (χ2v) is 8.14. The van der Waals surface area contributed by atoms with Crippen LogP contribution in [-0.4, -0.2) is 25.9 Å². The second-order valence-electron chi connectivity index (χ2n) is 6.84. The highest BCUT2D eigenvalue weighted by molar-refractivity contribution is 7.14. The van der Waals surface area contributed by atoms with Gasteiger partial charge in [-0.1, -0.05) is 47.1 Å². The van der Waals surface area contributed by atoms with E-state index in [1.54, 1.807) is 4.68 Å². The molecule has 2 aromatic heterocycles. The minimum atomic E-state index is -0.286. The van der Waals surface area contributed by atoms with Crippen molar-refractivity contribution in [3.05, 3.63) is 76.4 Å². The van der Waals surface area contributed by atoms with Gasteiger partial charge in [-0.3, -0.25) is 10.1 Å². The molecule has 0 unspecified atom stereocenters. The molecule has 0 saturated heterocycles. The van der Waals surface area contributed by atoms with Crippen molar-refractivity contribution in [2.24, 2.45) is 0 Å². The van der Waals surface area contributed by atoms with Crippen LogP contribution < -0.4 is 5.32 Å². The number of anilines is 1. The van der Waals surface area contributed by atoms with Crippen LogP contribution in [0.5, 0.6) is 0 Å². The zero-order chi connectivity index (χ0) is 19.8. The van der Waals surface area contributed by atoms with Gasteiger partial charge in [-0.15, -0.1) is 16.4 Å². The molecule has 1 N–H and O–H groups in total. The topological polar surface area (TPSA) is 72.7 Å². The summed E-state index contributed by atoms with van der Waals surface area (Å²) in [5, 5.41) is 14.4. The molecule has 0 atom stereocenters. The number of nitrogens with one attached hydrogen (secondary N) is 1. The maximum absolute atomic E-state index is 12.9. The number of amides is 1. The molecule has 1 aliphatic carbocycles. The predicted octanol–water partition coefficient (Wildman–Crippen LogP) is 5.17. The van der Waals surface area contributed by atoms with Crippen molar-refractivity contribution in [1.82, 2.24) is 20.0 Å². The summed E-state index contributed by atoms with van der Waals surface area (Å²) in [5.74, 6) is 0.0259. The minimum Gasteiger partial charge on any atom is -0.296 e. The van der Waals surface area contributed by atoms with Crippen molar-refractivity contribution in [3.8, 4) is 16.9 Å². The number of halogens is 1. The Morgan fingerprint density at radius 2 is 1.86 bits per heavy atom. The van der Waals surface area contributed by atoms with Gasteiger partial charge in [-0.2, -0.15) is 0 Å². The average molecular weight is 422 g/mol. The van der Waals surface area contributed by atoms with Gasteiger partial charge in [0, 0.05) is 21.9 Å². The lowest BCUT2D eigenvalue weighted by Crippen LogP contribution is -2.15. The van der Waals surface area contributed by atoms with Crippen molar-refractivity contribution in [1.29, 1.82) is 0 Å². The Balaban J connectivity index is 1.41. The SMILES string of the molecule is O=C(Nc1nc(-c2ccc(Cl)cc2)cs1)c1nnn(-c2ccccc2)c1C1CC1. The molecule has 2 heterocycles. The van der Waals surface area contributed by atoms with Crippen LogP contribution in [0.15, 0.2) is 60.0 Å². The lowest BCUT2D eigenvalue weighted by atomic mass is 10.2. The van der Waals surface area contributed by atoms with E-state index in [4.69, 9.17) is 11.6 Å². The number of carbonyl (C=O) groups excluding carboxylic acids is 1. The first-order valence-corrected chi connectivity index (χ1v) is 10.5. The van der Waals surface area contributed by atoms with E-state index in [2.05, 4.69) is 20.6 Å². The Kier molecular flexibility index (Phi) is 4.61. The van der Waals surface area contributed by atoms with Crippen molar-refractivity contribution in [2.75, 3.05) is 5.32 Å². The van der Waals surface area contributed by atoms with Crippen LogP contribution in [0, 0.1) is 0 Å². The first kappa shape index (κ1) is 18.0. The van der Waals surface area contributed by atoms with Gasteiger partial charge >= 0.3 is 0 Å². The van der Waals surface area contributed by atoms with E-state index in [0.29, 0.717) is 21.8 Å². The summed E-state index contributed by atoms with van der Waals surface area (Å²) in [5.41, 5.74) is 3.86. The molecule has 144 valence electrons. The third-order valence-corrected chi connectivity index (χ3v) is 5.76. The van der Waals surface area contributed by atoms with Gasteiger partial charge in [0.15, 0.2) is 10.8 Å². The normalized spacial score (nSPS) is 13.4. The molecule has 1 aliphatic rings. The van der Waals surface area contributed by atoms with Crippen LogP contribution in [0.1, 0.15) is 34.9 Å². The summed E-state index contributed by atoms with van der Waals surface area (Å²) in [7, 11) is 0. The standard InChI is InChI=1S/C21H16ClN5OS/c22-15-10-8-13(9-11-15)17-12-29-21(23-17)24-20(28)18-19(14-6-7-14)27(26-25-18)16-4-2-1-3-5-16/h1-5,8-12,14H,6-7H2,(H,23,24,28). The molecule has 0 aliphatic heterocycles. The molecular formula is C21H16ClN5OS. The predicted molar refractivity (Wildman–Crippen MR) is 114 cm³/mol. The molecular weight excluding hydrogens is 406 g/mol. The highest BCUT2D eigenvalue weighted by Crippen LogP contribution is 2.42. The summed E-state index contributed by atoms with van der Waals surface area (Å²) < 4.78 is 1.77. The van der Waals surface area contributed by atoms with E-state index >= 15 is 0 Å². The Bertz CT molecular complexity index is 1170. The van der Waals surface area contributed by atoms with E-state index in [-0.39, 0.29) is 5.91 Å². The van der Waals surface area contributed by atoms with Gasteiger partial charge in [0.05, 0.1) is 17.1 Å². The summed E-state index contributed by atoms with van der Waals surface area (Å²) >= 11 is 7.32. The number of nitrogens with zero attached hydrogens (tertiary/aromatic N) is 4. The van der Waals surface area contributed by atoms with Gasteiger partial charge < -0.3 is 0 Å². The largest absolute Gasteiger partial charge is 0.296 e. The molecule has 1 saturated carbocycles. The van der Waals surface area contributed by atoms with E-state index in [0.717, 1.165) is 35.5 Å². The number of rotatable bonds is 5. The first-order valence-electron chi connectivity index (χ1n) is 9.23. The first-order chi connectivity index (χ1) is 14.2. The third-order valence-electron chi connectivity index (χ3n) is 4.75. The van der Waals surface area contributed by atoms with E-state index in [1.165, 1.54) is 11.3 Å². The van der Waals surface area contributed by atoms with Crippen LogP contribution >= 0.6 is 22.9 Å². The lowest BCUT2D eigenvalue weighted by Gasteiger charge is -2.06. The fourth-order valence-electron chi connectivity index (χ4n) is 3.17. The van der Waals surface area contributed by atoms with E-state index < -0.39 is 0 Å². The Morgan fingerprint density at radius 1 is 1.10 bits per heavy atom. The van der Waals surface area contributed by atoms with Crippen LogP contribution in [0.3, 0.4) is 0 Å². The lowest BCUT2D eigenvalue weighted by molar-refractivity contribution is 0.102. The fourth-order valence-corrected chi connectivity index (χ4v) is 4.02. The second kappa shape index (κ2) is 7.42. The van der Waals surface area contributed by atoms with Crippen molar-refractivity contribution >= 4 is 34.0 Å². The Morgan fingerprint density at radius 3 is 2.59 bits per heavy atom. The molecule has 1 fully saturated rings. The number of hydrogen-bond donors (Lipinski definition) is 1. The molecule has 1 amide bonds. The molecule has 6 nitrogen and oxygen atoms in total. The summed E-state index contributed by atoms with van der Waals surface area (Å²) in [6.45, 7) is 0. The summed E-state index contributed by atoms with van der Waals surface area (Å²) in [4.78, 5) is 17.4. The zero-order valence-electron chi connectivity index (χ0n) is 15.2. The Labute approximate surface area is 176 Å². The molecule has 8 heteroatoms. The summed E-state index contributed by atoms with van der Waals surface area (Å²) in [6, 6.07) is 17.2. The quantitative estimate of drug-likeness (QED) is 0.482. The average Bonchev–Trinajstić information content (AvgIpc) is 3.31. The molecule has 0 radical (unpaired) electrons. The minimum absolute atomic E-state index is 0.286. The van der Waals surface area contributed by atoms with Crippen molar-refractivity contribution < 1.29 is 4.79 Å². The van der Waals surface area contributed by atoms with Gasteiger partial charge in [0.1, 0.15) is 0 Å². The monoisotopic (exact) mass is 421 g/mol. The molecule has 2 aromatic carbocycles. The summed E-state index contributed by atoms with van der Waals surface area (Å²) in [6.07, 6.45) is 2.08. The molecule has 5 rings (SSSR count). The van der Waals surface area contributed by atoms with Crippen molar-refractivity contribution in [2.45, 2.75) is 18.8 Å². The van der Waals surface area contributed by atoms with E-state index in [9.17, 15) is 4.79 Å². The maximum Gasteiger partial charge on any atom is 0.279 e. The van der Waals surface area contributed by atoms with Gasteiger partial charge in [-0.05, 0) is 37.1 Å². The van der Waals surface area contributed by atoms with Gasteiger partial charge in [-0.25, -0.2) is 9.67 Å². The van der Waals surface area contributed by atoms with Crippen LogP contribution in [0.4, 0.5) is 5.13 Å². The zero-order valence-corrected chi connectivity index (χ0v) is 16.8. The van der Waals surface area contributed by atoms with Gasteiger partial charge in [0.25, 0.3) is 5.91 Å². The number of para-hydroxylation sites is 1. The molecule has 29 heavy (non-hydrogen) atoms. The molecule has 0 bridgehead atoms. The van der Waals surface area contributed by atoms with Crippen LogP contribution in [0.25, 0.3) is 16.9 Å². The highest BCUT2D eigenvalue weighted by atomic mass is 35.5. The number of thiazole rings is 1. The molecule has 4 aromatic rings. The van der Waals surface area contributed by atoms with E-state index in [1.807, 2.05) is 60.0 Å². The molecule has 0 spiro atoms. The Hall–Kier alpha value is -3.03. The third kappa shape index (κ3) is 3.66. The highest BCUT2D eigenvalue weighted by Gasteiger charge is 2.34. The van der Waals surface area contributed by atoms with Gasteiger partial charge in [0.2, 0.25) is 0 Å². The van der Waals surface area contributed by atoms with Crippen molar-refractivity contribution in [3.63, 3.8) is 0 Å². The van der Waals surface area contributed by atoms with Crippen LogP contribution in [0.2, 0.25) is 5.02 Å². The maximum atomic E-state index is 12.9. The number of aromatic nitrogens is 4. The number of carbonyl (C=O) groups is 1. The fraction of sp³-hybridized carbons (Fsp3) is 0.143. The number of benzene rings is 2. The van der Waals surface area contributed by atoms with Crippen LogP contribution in [-0.2, 0) is 0 Å². The smallest absolute Gasteiger partial charge is 0.279 e.